The molecule has 0 unspecified atom stereocenters. The molecule has 3 aromatic carbocycles. The first kappa shape index (κ1) is 17.2. The molecule has 3 aromatic rings. The van der Waals surface area contributed by atoms with Crippen LogP contribution in [0.15, 0.2) is 60.7 Å². The van der Waals surface area contributed by atoms with E-state index in [0.29, 0.717) is 0 Å². The highest BCUT2D eigenvalue weighted by Crippen LogP contribution is 2.20. The van der Waals surface area contributed by atoms with Gasteiger partial charge in [-0.25, -0.2) is 0 Å². The summed E-state index contributed by atoms with van der Waals surface area (Å²) >= 11 is 0. The molecule has 1 amide bonds. The molecule has 0 fully saturated rings. The minimum Gasteiger partial charge on any atom is -0.545 e. The first-order chi connectivity index (χ1) is 12.4. The van der Waals surface area contributed by atoms with Crippen molar-refractivity contribution in [3.8, 4) is 0 Å². The normalized spacial score (nSPS) is 10.5. The van der Waals surface area contributed by atoms with E-state index >= 15 is 0 Å². The van der Waals surface area contributed by atoms with Gasteiger partial charge in [-0.1, -0.05) is 42.5 Å². The molecule has 0 bridgehead atoms. The van der Waals surface area contributed by atoms with Crippen LogP contribution in [-0.2, 0) is 11.2 Å². The number of amides is 1. The lowest BCUT2D eigenvalue weighted by Gasteiger charge is -2.13. The second-order valence-corrected chi connectivity index (χ2v) is 5.74. The topological polar surface area (TPSA) is 109 Å². The monoisotopic (exact) mass is 347 g/mol. The Kier molecular flexibility index (Phi) is 4.66. The van der Waals surface area contributed by atoms with Gasteiger partial charge in [-0.05, 0) is 45.7 Å². The second kappa shape index (κ2) is 7.06. The summed E-state index contributed by atoms with van der Waals surface area (Å²) < 4.78 is 0. The van der Waals surface area contributed by atoms with Crippen LogP contribution in [0, 0.1) is 0 Å². The zero-order valence-electron chi connectivity index (χ0n) is 13.5. The number of nitrogens with one attached hydrogen (secondary N) is 1. The molecule has 0 radical (unpaired) electrons. The van der Waals surface area contributed by atoms with Crippen molar-refractivity contribution >= 4 is 34.3 Å². The molecule has 0 aliphatic carbocycles. The lowest BCUT2D eigenvalue weighted by atomic mass is 10.0. The van der Waals surface area contributed by atoms with Crippen LogP contribution in [-0.4, -0.2) is 17.8 Å². The summed E-state index contributed by atoms with van der Waals surface area (Å²) in [5.41, 5.74) is 0.146. The standard InChI is InChI=1S/C20H15NO5/c22-18(11-13-6-3-5-12-4-1-2-7-17(12)13)21-16-9-14(19(23)24)8-15(10-16)20(25)26/h1-10H,11H2,(H,21,22)(H,23,24)(H,25,26)/p-2. The Labute approximate surface area is 148 Å². The number of benzene rings is 3. The maximum absolute atomic E-state index is 12.4. The van der Waals surface area contributed by atoms with Crippen molar-refractivity contribution in [2.45, 2.75) is 6.42 Å². The van der Waals surface area contributed by atoms with Crippen molar-refractivity contribution in [2.75, 3.05) is 5.32 Å². The fourth-order valence-corrected chi connectivity index (χ4v) is 2.76. The maximum Gasteiger partial charge on any atom is 0.228 e. The van der Waals surface area contributed by atoms with E-state index in [9.17, 15) is 24.6 Å². The van der Waals surface area contributed by atoms with Crippen molar-refractivity contribution in [2.24, 2.45) is 0 Å². The van der Waals surface area contributed by atoms with E-state index in [0.717, 1.165) is 34.5 Å². The third-order valence-corrected chi connectivity index (χ3v) is 3.92. The number of hydrogen-bond acceptors (Lipinski definition) is 5. The Balaban J connectivity index is 1.86. The number of hydrogen-bond donors (Lipinski definition) is 1. The van der Waals surface area contributed by atoms with E-state index in [4.69, 9.17) is 0 Å². The van der Waals surface area contributed by atoms with E-state index in [1.54, 1.807) is 0 Å². The van der Waals surface area contributed by atoms with Gasteiger partial charge in [-0.2, -0.15) is 0 Å². The predicted octanol–water partition coefficient (Wildman–Crippen LogP) is 0.748. The highest BCUT2D eigenvalue weighted by Gasteiger charge is 2.09. The Morgan fingerprint density at radius 1 is 0.808 bits per heavy atom. The van der Waals surface area contributed by atoms with E-state index < -0.39 is 17.8 Å². The zero-order valence-corrected chi connectivity index (χ0v) is 13.5. The molecule has 0 aromatic heterocycles. The van der Waals surface area contributed by atoms with Crippen LogP contribution in [0.1, 0.15) is 26.3 Å². The molecular formula is C20H13NO5-2. The quantitative estimate of drug-likeness (QED) is 0.732. The van der Waals surface area contributed by atoms with Gasteiger partial charge in [-0.15, -0.1) is 0 Å². The van der Waals surface area contributed by atoms with Crippen LogP contribution in [0.4, 0.5) is 5.69 Å². The molecule has 0 saturated heterocycles. The SMILES string of the molecule is O=C(Cc1cccc2ccccc12)Nc1cc(C(=O)[O-])cc(C(=O)[O-])c1. The fourth-order valence-electron chi connectivity index (χ4n) is 2.76. The fraction of sp³-hybridized carbons (Fsp3) is 0.0500. The Morgan fingerprint density at radius 3 is 2.08 bits per heavy atom. The van der Waals surface area contributed by atoms with E-state index in [2.05, 4.69) is 5.32 Å². The van der Waals surface area contributed by atoms with Gasteiger partial charge in [0.05, 0.1) is 18.4 Å². The summed E-state index contributed by atoms with van der Waals surface area (Å²) in [7, 11) is 0. The van der Waals surface area contributed by atoms with Gasteiger partial charge in [0.25, 0.3) is 0 Å². The van der Waals surface area contributed by atoms with Crippen LogP contribution in [0.25, 0.3) is 10.8 Å². The van der Waals surface area contributed by atoms with Crippen LogP contribution < -0.4 is 15.5 Å². The summed E-state index contributed by atoms with van der Waals surface area (Å²) in [4.78, 5) is 34.4. The lowest BCUT2D eigenvalue weighted by Crippen LogP contribution is -2.26. The summed E-state index contributed by atoms with van der Waals surface area (Å²) in [5, 5.41) is 26.5. The van der Waals surface area contributed by atoms with Crippen LogP contribution in [0.2, 0.25) is 0 Å². The molecule has 3 rings (SSSR count). The largest absolute Gasteiger partial charge is 0.545 e. The summed E-state index contributed by atoms with van der Waals surface area (Å²) in [6, 6.07) is 16.4. The molecular weight excluding hydrogens is 334 g/mol. The van der Waals surface area contributed by atoms with Gasteiger partial charge in [0, 0.05) is 5.69 Å². The van der Waals surface area contributed by atoms with Crippen molar-refractivity contribution in [3.05, 3.63) is 77.4 Å². The number of carboxylic acid groups (broad SMARTS) is 2. The number of fused-ring (bicyclic) bond motifs is 1. The van der Waals surface area contributed by atoms with Crippen molar-refractivity contribution < 1.29 is 24.6 Å². The van der Waals surface area contributed by atoms with E-state index in [-0.39, 0.29) is 23.2 Å². The minimum absolute atomic E-state index is 0.0520. The van der Waals surface area contributed by atoms with Gasteiger partial charge in [-0.3, -0.25) is 4.79 Å². The molecule has 130 valence electrons. The third-order valence-electron chi connectivity index (χ3n) is 3.92. The molecule has 0 aliphatic rings. The molecule has 0 atom stereocenters. The number of carbonyl (C=O) groups is 3. The second-order valence-electron chi connectivity index (χ2n) is 5.74. The Bertz CT molecular complexity index is 988. The van der Waals surface area contributed by atoms with Crippen molar-refractivity contribution in [1.29, 1.82) is 0 Å². The van der Waals surface area contributed by atoms with Crippen molar-refractivity contribution in [1.82, 2.24) is 0 Å². The number of rotatable bonds is 5. The van der Waals surface area contributed by atoms with Gasteiger partial charge in [0.15, 0.2) is 0 Å². The first-order valence-electron chi connectivity index (χ1n) is 7.78. The van der Waals surface area contributed by atoms with Gasteiger partial charge in [0.1, 0.15) is 0 Å². The lowest BCUT2D eigenvalue weighted by molar-refractivity contribution is -0.255. The highest BCUT2D eigenvalue weighted by molar-refractivity contribution is 5.99. The molecule has 1 N–H and O–H groups in total. The number of carbonyl (C=O) groups excluding carboxylic acids is 3. The minimum atomic E-state index is -1.54. The van der Waals surface area contributed by atoms with E-state index in [1.807, 2.05) is 42.5 Å². The molecule has 0 aliphatic heterocycles. The van der Waals surface area contributed by atoms with Gasteiger partial charge in [0.2, 0.25) is 5.91 Å². The average Bonchev–Trinajstić information content (AvgIpc) is 2.61. The summed E-state index contributed by atoms with van der Waals surface area (Å²) in [5.74, 6) is -3.49. The third kappa shape index (κ3) is 3.70. The van der Waals surface area contributed by atoms with Crippen LogP contribution >= 0.6 is 0 Å². The van der Waals surface area contributed by atoms with Crippen molar-refractivity contribution in [3.63, 3.8) is 0 Å². The number of aromatic carboxylic acids is 2. The molecule has 26 heavy (non-hydrogen) atoms. The molecule has 0 spiro atoms. The average molecular weight is 347 g/mol. The Hall–Kier alpha value is -3.67. The van der Waals surface area contributed by atoms with Crippen LogP contribution in [0.3, 0.4) is 0 Å². The van der Waals surface area contributed by atoms with Gasteiger partial charge < -0.3 is 25.1 Å². The van der Waals surface area contributed by atoms with E-state index in [1.165, 1.54) is 0 Å². The molecule has 6 nitrogen and oxygen atoms in total. The molecule has 0 saturated carbocycles. The Morgan fingerprint density at radius 2 is 1.42 bits per heavy atom. The summed E-state index contributed by atoms with van der Waals surface area (Å²) in [6.07, 6.45) is 0.0531. The number of carboxylic acids is 2. The first-order valence-corrected chi connectivity index (χ1v) is 7.78. The predicted molar refractivity (Wildman–Crippen MR) is 91.4 cm³/mol. The highest BCUT2D eigenvalue weighted by atomic mass is 16.4. The summed E-state index contributed by atoms with van der Waals surface area (Å²) in [6.45, 7) is 0. The van der Waals surface area contributed by atoms with Crippen LogP contribution in [0.5, 0.6) is 0 Å². The zero-order chi connectivity index (χ0) is 18.7. The number of anilines is 1. The van der Waals surface area contributed by atoms with Gasteiger partial charge >= 0.3 is 0 Å². The molecule has 6 heteroatoms. The smallest absolute Gasteiger partial charge is 0.228 e. The maximum atomic E-state index is 12.4. The molecule has 0 heterocycles.